The zero-order chi connectivity index (χ0) is 69.2. The van der Waals surface area contributed by atoms with Gasteiger partial charge >= 0.3 is 12.2 Å². The van der Waals surface area contributed by atoms with Crippen molar-refractivity contribution in [1.82, 2.24) is 31.9 Å². The predicted octanol–water partition coefficient (Wildman–Crippen LogP) is 6.74. The van der Waals surface area contributed by atoms with E-state index < -0.39 is 120 Å². The van der Waals surface area contributed by atoms with Gasteiger partial charge in [0.15, 0.2) is 52.5 Å². The predicted molar refractivity (Wildman–Crippen MR) is 352 cm³/mol. The van der Waals surface area contributed by atoms with Crippen LogP contribution in [0.15, 0.2) is 107 Å². The van der Waals surface area contributed by atoms with Crippen LogP contribution >= 0.6 is 11.8 Å². The second-order valence-corrected chi connectivity index (χ2v) is 34.8. The lowest BCUT2D eigenvalue weighted by Gasteiger charge is -2.41. The number of carbonyl (C=O) groups is 4. The van der Waals surface area contributed by atoms with Crippen LogP contribution in [-0.2, 0) is 61.4 Å². The summed E-state index contributed by atoms with van der Waals surface area (Å²) in [6, 6.07) is 24.6. The largest absolute Gasteiger partial charge is 0.454 e. The fourth-order valence-electron chi connectivity index (χ4n) is 9.72. The summed E-state index contributed by atoms with van der Waals surface area (Å²) in [6.07, 6.45) is 2.19. The highest BCUT2D eigenvalue weighted by molar-refractivity contribution is 8.00. The van der Waals surface area contributed by atoms with Gasteiger partial charge in [-0.25, -0.2) is 34.8 Å². The molecule has 0 aromatic heterocycles. The molecular formula is C64H94N6O18S4. The minimum Gasteiger partial charge on any atom is -0.454 e. The van der Waals surface area contributed by atoms with E-state index in [0.29, 0.717) is 30.1 Å². The molecule has 0 spiro atoms. The molecule has 92 heavy (non-hydrogen) atoms. The number of ether oxygens (including phenoxy) is 6. The molecule has 512 valence electrons. The van der Waals surface area contributed by atoms with Gasteiger partial charge in [0.25, 0.3) is 0 Å². The summed E-state index contributed by atoms with van der Waals surface area (Å²) in [4.78, 5) is 53.6. The van der Waals surface area contributed by atoms with Crippen molar-refractivity contribution >= 4 is 65.3 Å². The fourth-order valence-corrected chi connectivity index (χ4v) is 14.0. The molecule has 4 amide bonds. The molecule has 0 aliphatic carbocycles. The van der Waals surface area contributed by atoms with Crippen LogP contribution in [0, 0.1) is 0 Å². The molecule has 4 aromatic rings. The molecule has 8 N–H and O–H groups in total. The monoisotopic (exact) mass is 1360 g/mol. The zero-order valence-electron chi connectivity index (χ0n) is 55.5. The first-order chi connectivity index (χ1) is 42.3. The van der Waals surface area contributed by atoms with Crippen molar-refractivity contribution in [1.29, 1.82) is 0 Å². The van der Waals surface area contributed by atoms with Gasteiger partial charge in [-0.3, -0.25) is 20.2 Å². The van der Waals surface area contributed by atoms with Crippen molar-refractivity contribution in [3.05, 3.63) is 108 Å². The Balaban J connectivity index is 0.000000334. The van der Waals surface area contributed by atoms with Crippen LogP contribution in [0.5, 0.6) is 23.0 Å². The third-order valence-electron chi connectivity index (χ3n) is 15.4. The molecule has 6 atom stereocenters. The van der Waals surface area contributed by atoms with Gasteiger partial charge in [-0.15, -0.1) is 0 Å². The van der Waals surface area contributed by atoms with E-state index in [1.807, 2.05) is 87.7 Å². The SMILES string of the molecule is CC[C@](Cc1ccccc1)(NC[C@@](C)(O)CS(=O)(=O)c1ccc2c(c1)OCO2)NC(=O)[C@H](NC(=O)OC(C)(C)C)C(C)(C)S(C)(=O)=O.CC[C@](Cc1ccccc1)(NC[C@@](C)(O)CS(=O)(=O)c1ccc2c(c1)OCO2)NC(=O)[C@H](NC(=O)OC(C)(C)C)C(C)(C)SC. The van der Waals surface area contributed by atoms with Gasteiger partial charge < -0.3 is 59.9 Å². The molecule has 0 saturated carbocycles. The Hall–Kier alpha value is -6.40. The quantitative estimate of drug-likeness (QED) is 0.0273. The van der Waals surface area contributed by atoms with E-state index in [2.05, 4.69) is 31.9 Å². The summed E-state index contributed by atoms with van der Waals surface area (Å²) in [5, 5.41) is 40.4. The van der Waals surface area contributed by atoms with Gasteiger partial charge in [0.1, 0.15) is 23.3 Å². The van der Waals surface area contributed by atoms with E-state index in [1.54, 1.807) is 48.5 Å². The highest BCUT2D eigenvalue weighted by Crippen LogP contribution is 2.37. The molecular weight excluding hydrogens is 1270 g/mol. The number of fused-ring (bicyclic) bond motifs is 2. The minimum absolute atomic E-state index is 0.00160. The van der Waals surface area contributed by atoms with Crippen LogP contribution < -0.4 is 50.8 Å². The number of carbonyl (C=O) groups excluding carboxylic acids is 4. The number of alkyl carbamates (subject to hydrolysis) is 2. The number of amides is 4. The summed E-state index contributed by atoms with van der Waals surface area (Å²) < 4.78 is 109. The Morgan fingerprint density at radius 2 is 0.880 bits per heavy atom. The smallest absolute Gasteiger partial charge is 0.408 e. The molecule has 24 nitrogen and oxygen atoms in total. The van der Waals surface area contributed by atoms with E-state index >= 15 is 0 Å². The average Bonchev–Trinajstić information content (AvgIpc) is 1.03. The first kappa shape index (κ1) is 76.3. The van der Waals surface area contributed by atoms with Gasteiger partial charge in [-0.05, 0) is 138 Å². The van der Waals surface area contributed by atoms with Crippen LogP contribution in [0.1, 0.15) is 121 Å². The van der Waals surface area contributed by atoms with Crippen LogP contribution in [-0.4, -0.2) is 165 Å². The summed E-state index contributed by atoms with van der Waals surface area (Å²) in [7, 11) is -11.9. The van der Waals surface area contributed by atoms with Gasteiger partial charge in [0, 0.05) is 49.1 Å². The van der Waals surface area contributed by atoms with Crippen molar-refractivity contribution in [2.75, 3.05) is 50.7 Å². The normalized spacial score (nSPS) is 16.7. The number of thioether (sulfide) groups is 1. The van der Waals surface area contributed by atoms with Crippen molar-refractivity contribution in [3.8, 4) is 23.0 Å². The maximum Gasteiger partial charge on any atom is 0.408 e. The Morgan fingerprint density at radius 3 is 1.22 bits per heavy atom. The zero-order valence-corrected chi connectivity index (χ0v) is 58.8. The maximum atomic E-state index is 14.1. The molecule has 0 saturated heterocycles. The molecule has 2 aliphatic rings. The molecule has 0 fully saturated rings. The van der Waals surface area contributed by atoms with E-state index in [4.69, 9.17) is 28.4 Å². The topological polar surface area (TPSA) is 339 Å². The number of benzene rings is 4. The number of aliphatic hydroxyl groups is 2. The van der Waals surface area contributed by atoms with E-state index in [-0.39, 0.29) is 55.1 Å². The lowest BCUT2D eigenvalue weighted by atomic mass is 9.93. The van der Waals surface area contributed by atoms with Gasteiger partial charge in [0.05, 0.1) is 48.6 Å². The average molecular weight is 1360 g/mol. The first-order valence-corrected chi connectivity index (χ1v) is 36.4. The summed E-state index contributed by atoms with van der Waals surface area (Å²) in [5.41, 5.74) is -6.01. The minimum atomic E-state index is -4.01. The number of nitrogens with one attached hydrogen (secondary N) is 6. The molecule has 0 unspecified atom stereocenters. The van der Waals surface area contributed by atoms with Gasteiger partial charge in [0.2, 0.25) is 25.4 Å². The molecule has 6 rings (SSSR count). The van der Waals surface area contributed by atoms with Crippen LogP contribution in [0.3, 0.4) is 0 Å². The molecule has 0 bridgehead atoms. The molecule has 4 aromatic carbocycles. The lowest BCUT2D eigenvalue weighted by molar-refractivity contribution is -0.127. The van der Waals surface area contributed by atoms with Gasteiger partial charge in [-0.1, -0.05) is 74.5 Å². The molecule has 2 heterocycles. The van der Waals surface area contributed by atoms with Crippen molar-refractivity contribution < 1.29 is 83.1 Å². The maximum absolute atomic E-state index is 14.1. The van der Waals surface area contributed by atoms with Crippen LogP contribution in [0.4, 0.5) is 9.59 Å². The fraction of sp³-hybridized carbons (Fsp3) is 0.562. The highest BCUT2D eigenvalue weighted by atomic mass is 32.2. The Kier molecular flexibility index (Phi) is 24.8. The molecule has 0 radical (unpaired) electrons. The lowest BCUT2D eigenvalue weighted by Crippen LogP contribution is -2.69. The van der Waals surface area contributed by atoms with Crippen molar-refractivity contribution in [3.63, 3.8) is 0 Å². The Morgan fingerprint density at radius 1 is 0.533 bits per heavy atom. The summed E-state index contributed by atoms with van der Waals surface area (Å²) in [6.45, 7) is 22.4. The molecule has 28 heteroatoms. The Labute approximate surface area is 546 Å². The Bertz CT molecular complexity index is 3560. The highest BCUT2D eigenvalue weighted by Gasteiger charge is 2.48. The van der Waals surface area contributed by atoms with E-state index in [9.17, 15) is 54.6 Å². The summed E-state index contributed by atoms with van der Waals surface area (Å²) in [5.74, 6) is -1.07. The number of rotatable bonds is 28. The third-order valence-corrected chi connectivity index (χ3v) is 22.8. The number of sulfone groups is 3. The van der Waals surface area contributed by atoms with Gasteiger partial charge in [-0.2, -0.15) is 11.8 Å². The number of hydrogen-bond acceptors (Lipinski definition) is 21. The molecule has 2 aliphatic heterocycles. The third kappa shape index (κ3) is 21.8. The number of hydrogen-bond donors (Lipinski definition) is 8. The van der Waals surface area contributed by atoms with Crippen molar-refractivity contribution in [2.24, 2.45) is 0 Å². The van der Waals surface area contributed by atoms with E-state index in [1.165, 1.54) is 75.9 Å². The van der Waals surface area contributed by atoms with Crippen LogP contribution in [0.2, 0.25) is 0 Å². The summed E-state index contributed by atoms with van der Waals surface area (Å²) >= 11 is 1.42. The van der Waals surface area contributed by atoms with Crippen molar-refractivity contribution in [2.45, 2.75) is 188 Å². The van der Waals surface area contributed by atoms with Crippen LogP contribution in [0.25, 0.3) is 0 Å². The van der Waals surface area contributed by atoms with E-state index in [0.717, 1.165) is 17.4 Å². The second-order valence-electron chi connectivity index (χ2n) is 26.8. The first-order valence-electron chi connectivity index (χ1n) is 29.9. The standard InChI is InChI=1S/C32H47N3O10S2.C32H47N3O8S2/c1-9-32(18-22-13-11-10-12-14-22,35-27(36)26(30(5,6)46(8,39)40)34-28(37)45-29(2,3)4)33-19-31(7,38)20-47(41,42)23-15-16-24-25(17-23)44-21-43-24;1-9-32(18-22-13-11-10-12-14-22,35-27(36)26(30(5,6)44-8)34-28(37)43-29(2,3)4)33-19-31(7,38)20-45(39,40)23-15-16-24-25(17-23)42-21-41-24/h10-17,26,33,38H,9,18-21H2,1-8H3,(H,34,37)(H,35,36);10-17,26,33,38H,9,18-21H2,1-8H3,(H,34,37)(H,35,36)/t2*26-,31+,32-/m00/s1. The second kappa shape index (κ2) is 29.9.